The third kappa shape index (κ3) is 2.99. The molecule has 0 saturated carbocycles. The Morgan fingerprint density at radius 1 is 1.24 bits per heavy atom. The third-order valence-corrected chi connectivity index (χ3v) is 3.44. The van der Waals surface area contributed by atoms with Crippen molar-refractivity contribution >= 4 is 0 Å². The highest BCUT2D eigenvalue weighted by Crippen LogP contribution is 2.27. The molecule has 2 aromatic rings. The molecule has 0 bridgehead atoms. The fraction of sp³-hybridized carbons (Fsp3) is 0.500. The molecular formula is C14H20N2O. The number of aromatic nitrogens is 2. The van der Waals surface area contributed by atoms with Gasteiger partial charge in [0.1, 0.15) is 0 Å². The van der Waals surface area contributed by atoms with Crippen LogP contribution < -0.4 is 0 Å². The lowest BCUT2D eigenvalue weighted by Gasteiger charge is -2.13. The summed E-state index contributed by atoms with van der Waals surface area (Å²) in [5.41, 5.74) is 2.62. The largest absolute Gasteiger partial charge is 0.472 e. The zero-order valence-electron chi connectivity index (χ0n) is 10.8. The van der Waals surface area contributed by atoms with E-state index < -0.39 is 0 Å². The number of hydrogen-bond donors (Lipinski definition) is 0. The quantitative estimate of drug-likeness (QED) is 0.787. The average molecular weight is 232 g/mol. The summed E-state index contributed by atoms with van der Waals surface area (Å²) in [6, 6.07) is 2.05. The second kappa shape index (κ2) is 5.21. The predicted molar refractivity (Wildman–Crippen MR) is 68.0 cm³/mol. The van der Waals surface area contributed by atoms with Crippen molar-refractivity contribution in [2.75, 3.05) is 0 Å². The van der Waals surface area contributed by atoms with Crippen LogP contribution in [0.4, 0.5) is 0 Å². The molecule has 0 aliphatic heterocycles. The first kappa shape index (κ1) is 12.0. The molecule has 2 rings (SSSR count). The van der Waals surface area contributed by atoms with Crippen molar-refractivity contribution in [3.05, 3.63) is 42.1 Å². The molecule has 0 aliphatic carbocycles. The lowest BCUT2D eigenvalue weighted by molar-refractivity contribution is 0.543. The zero-order valence-corrected chi connectivity index (χ0v) is 10.8. The Morgan fingerprint density at radius 2 is 1.94 bits per heavy atom. The first-order valence-corrected chi connectivity index (χ1v) is 6.17. The van der Waals surface area contributed by atoms with E-state index >= 15 is 0 Å². The van der Waals surface area contributed by atoms with E-state index in [2.05, 4.69) is 31.2 Å². The fourth-order valence-electron chi connectivity index (χ4n) is 2.08. The van der Waals surface area contributed by atoms with Gasteiger partial charge in [-0.15, -0.1) is 0 Å². The van der Waals surface area contributed by atoms with Crippen molar-refractivity contribution in [1.82, 2.24) is 9.78 Å². The van der Waals surface area contributed by atoms with Crippen molar-refractivity contribution in [2.24, 2.45) is 7.05 Å². The SMILES string of the molecule is CC(CCC(C)c1cnn(C)c1)c1ccoc1. The van der Waals surface area contributed by atoms with Crippen LogP contribution in [0.25, 0.3) is 0 Å². The van der Waals surface area contributed by atoms with Crippen LogP contribution in [-0.2, 0) is 7.05 Å². The van der Waals surface area contributed by atoms with E-state index in [4.69, 9.17) is 4.42 Å². The maximum absolute atomic E-state index is 5.12. The molecule has 0 saturated heterocycles. The summed E-state index contributed by atoms with van der Waals surface area (Å²) in [5.74, 6) is 1.13. The highest BCUT2D eigenvalue weighted by Gasteiger charge is 2.12. The van der Waals surface area contributed by atoms with Gasteiger partial charge in [-0.2, -0.15) is 5.10 Å². The second-order valence-corrected chi connectivity index (χ2v) is 4.88. The molecule has 92 valence electrons. The minimum Gasteiger partial charge on any atom is -0.472 e. The maximum atomic E-state index is 5.12. The number of hydrogen-bond acceptors (Lipinski definition) is 2. The average Bonchev–Trinajstić information content (AvgIpc) is 2.95. The first-order chi connectivity index (χ1) is 8.16. The molecule has 0 aromatic carbocycles. The number of furan rings is 1. The molecule has 0 radical (unpaired) electrons. The second-order valence-electron chi connectivity index (χ2n) is 4.88. The molecule has 0 aliphatic rings. The maximum Gasteiger partial charge on any atom is 0.0937 e. The summed E-state index contributed by atoms with van der Waals surface area (Å²) in [4.78, 5) is 0. The molecule has 2 heterocycles. The van der Waals surface area contributed by atoms with E-state index in [1.54, 1.807) is 6.26 Å². The third-order valence-electron chi connectivity index (χ3n) is 3.44. The van der Waals surface area contributed by atoms with Gasteiger partial charge in [0.25, 0.3) is 0 Å². The molecule has 0 N–H and O–H groups in total. The van der Waals surface area contributed by atoms with Crippen molar-refractivity contribution in [3.63, 3.8) is 0 Å². The van der Waals surface area contributed by atoms with E-state index in [1.165, 1.54) is 24.0 Å². The minimum atomic E-state index is 0.563. The van der Waals surface area contributed by atoms with Gasteiger partial charge in [-0.1, -0.05) is 13.8 Å². The van der Waals surface area contributed by atoms with Gasteiger partial charge < -0.3 is 4.42 Å². The zero-order chi connectivity index (χ0) is 12.3. The van der Waals surface area contributed by atoms with Gasteiger partial charge in [0.15, 0.2) is 0 Å². The Balaban J connectivity index is 1.86. The Labute approximate surface area is 102 Å². The first-order valence-electron chi connectivity index (χ1n) is 6.17. The van der Waals surface area contributed by atoms with Crippen LogP contribution >= 0.6 is 0 Å². The normalized spacial score (nSPS) is 14.8. The predicted octanol–water partition coefficient (Wildman–Crippen LogP) is 3.70. The van der Waals surface area contributed by atoms with Crippen LogP contribution in [0.5, 0.6) is 0 Å². The molecule has 17 heavy (non-hydrogen) atoms. The lowest BCUT2D eigenvalue weighted by atomic mass is 9.91. The number of aryl methyl sites for hydroxylation is 1. The standard InChI is InChI=1S/C14H20N2O/c1-11(13-6-7-17-10-13)4-5-12(2)14-8-15-16(3)9-14/h6-12H,4-5H2,1-3H3. The molecule has 3 heteroatoms. The van der Waals surface area contributed by atoms with Crippen LogP contribution in [-0.4, -0.2) is 9.78 Å². The Hall–Kier alpha value is -1.51. The smallest absolute Gasteiger partial charge is 0.0937 e. The molecule has 2 unspecified atom stereocenters. The van der Waals surface area contributed by atoms with E-state index in [9.17, 15) is 0 Å². The summed E-state index contributed by atoms with van der Waals surface area (Å²) in [6.45, 7) is 4.51. The molecule has 2 atom stereocenters. The summed E-state index contributed by atoms with van der Waals surface area (Å²) in [6.07, 6.45) is 10.0. The Morgan fingerprint density at radius 3 is 2.47 bits per heavy atom. The monoisotopic (exact) mass is 232 g/mol. The van der Waals surface area contributed by atoms with Crippen LogP contribution in [0.2, 0.25) is 0 Å². The summed E-state index contributed by atoms with van der Waals surface area (Å²) in [7, 11) is 1.96. The minimum absolute atomic E-state index is 0.563. The highest BCUT2D eigenvalue weighted by molar-refractivity contribution is 5.13. The van der Waals surface area contributed by atoms with Crippen LogP contribution in [0.15, 0.2) is 35.4 Å². The molecule has 3 nitrogen and oxygen atoms in total. The molecule has 0 spiro atoms. The van der Waals surface area contributed by atoms with E-state index in [0.29, 0.717) is 11.8 Å². The van der Waals surface area contributed by atoms with Gasteiger partial charge in [0, 0.05) is 13.2 Å². The van der Waals surface area contributed by atoms with Gasteiger partial charge >= 0.3 is 0 Å². The van der Waals surface area contributed by atoms with Crippen LogP contribution in [0.1, 0.15) is 49.7 Å². The van der Waals surface area contributed by atoms with Gasteiger partial charge in [-0.3, -0.25) is 4.68 Å². The summed E-state index contributed by atoms with van der Waals surface area (Å²) < 4.78 is 6.98. The summed E-state index contributed by atoms with van der Waals surface area (Å²) in [5, 5.41) is 4.22. The number of nitrogens with zero attached hydrogens (tertiary/aromatic N) is 2. The van der Waals surface area contributed by atoms with E-state index in [0.717, 1.165) is 0 Å². The van der Waals surface area contributed by atoms with Gasteiger partial charge in [0.2, 0.25) is 0 Å². The van der Waals surface area contributed by atoms with Gasteiger partial charge in [-0.25, -0.2) is 0 Å². The Kier molecular flexibility index (Phi) is 3.67. The number of rotatable bonds is 5. The van der Waals surface area contributed by atoms with Crippen molar-refractivity contribution in [3.8, 4) is 0 Å². The van der Waals surface area contributed by atoms with Gasteiger partial charge in [-0.05, 0) is 41.9 Å². The Bertz CT molecular complexity index is 444. The topological polar surface area (TPSA) is 31.0 Å². The van der Waals surface area contributed by atoms with Crippen molar-refractivity contribution in [2.45, 2.75) is 38.5 Å². The lowest BCUT2D eigenvalue weighted by Crippen LogP contribution is -1.97. The van der Waals surface area contributed by atoms with E-state index in [-0.39, 0.29) is 0 Å². The summed E-state index contributed by atoms with van der Waals surface area (Å²) >= 11 is 0. The van der Waals surface area contributed by atoms with Crippen LogP contribution in [0, 0.1) is 0 Å². The fourth-order valence-corrected chi connectivity index (χ4v) is 2.08. The van der Waals surface area contributed by atoms with E-state index in [1.807, 2.05) is 24.2 Å². The highest BCUT2D eigenvalue weighted by atomic mass is 16.3. The molecule has 2 aromatic heterocycles. The molecular weight excluding hydrogens is 212 g/mol. The van der Waals surface area contributed by atoms with Crippen molar-refractivity contribution in [1.29, 1.82) is 0 Å². The molecule has 0 fully saturated rings. The van der Waals surface area contributed by atoms with Gasteiger partial charge in [0.05, 0.1) is 18.7 Å². The van der Waals surface area contributed by atoms with Crippen LogP contribution in [0.3, 0.4) is 0 Å². The van der Waals surface area contributed by atoms with Crippen molar-refractivity contribution < 1.29 is 4.42 Å². The molecule has 0 amide bonds.